The normalized spacial score (nSPS) is 27.4. The minimum Gasteiger partial charge on any atom is -0.462 e. The molecule has 0 heterocycles. The first-order valence-corrected chi connectivity index (χ1v) is 6.51. The van der Waals surface area contributed by atoms with Gasteiger partial charge in [0, 0.05) is 6.42 Å². The van der Waals surface area contributed by atoms with Crippen LogP contribution in [0.25, 0.3) is 0 Å². The third kappa shape index (κ3) is 4.97. The Bertz CT molecular complexity index is 218. The van der Waals surface area contributed by atoms with Crippen molar-refractivity contribution in [2.45, 2.75) is 58.5 Å². The van der Waals surface area contributed by atoms with Gasteiger partial charge in [0.25, 0.3) is 0 Å². The smallest absolute Gasteiger partial charge is 0.306 e. The molecule has 0 aromatic heterocycles. The number of ether oxygens (including phenoxy) is 1. The predicted octanol–water partition coefficient (Wildman–Crippen LogP) is 2.48. The van der Waals surface area contributed by atoms with Crippen LogP contribution in [0, 0.1) is 11.8 Å². The lowest BCUT2D eigenvalue weighted by Gasteiger charge is -2.26. The van der Waals surface area contributed by atoms with E-state index >= 15 is 0 Å². The molecule has 1 saturated carbocycles. The van der Waals surface area contributed by atoms with E-state index in [1.165, 1.54) is 12.8 Å². The van der Waals surface area contributed by atoms with Crippen molar-refractivity contribution in [2.24, 2.45) is 17.6 Å². The number of carbonyl (C=O) groups is 1. The van der Waals surface area contributed by atoms with Gasteiger partial charge in [-0.2, -0.15) is 0 Å². The molecule has 2 N–H and O–H groups in total. The van der Waals surface area contributed by atoms with E-state index in [0.717, 1.165) is 19.3 Å². The summed E-state index contributed by atoms with van der Waals surface area (Å²) in [7, 11) is 0. The van der Waals surface area contributed by atoms with Crippen molar-refractivity contribution in [3.8, 4) is 0 Å². The molecule has 1 fully saturated rings. The third-order valence-electron chi connectivity index (χ3n) is 3.43. The van der Waals surface area contributed by atoms with Crippen LogP contribution in [0.5, 0.6) is 0 Å². The number of esters is 1. The Balaban J connectivity index is 2.18. The number of rotatable bonds is 5. The zero-order valence-electron chi connectivity index (χ0n) is 10.6. The number of hydrogen-bond donors (Lipinski definition) is 1. The van der Waals surface area contributed by atoms with Gasteiger partial charge in [-0.15, -0.1) is 0 Å². The molecular weight excluding hydrogens is 202 g/mol. The van der Waals surface area contributed by atoms with Gasteiger partial charge in [0.2, 0.25) is 0 Å². The Labute approximate surface area is 98.7 Å². The quantitative estimate of drug-likeness (QED) is 0.734. The first kappa shape index (κ1) is 13.5. The zero-order valence-corrected chi connectivity index (χ0v) is 10.6. The third-order valence-corrected chi connectivity index (χ3v) is 3.43. The molecule has 0 saturated heterocycles. The Kier molecular flexibility index (Phi) is 5.81. The fraction of sp³-hybridized carbons (Fsp3) is 0.923. The van der Waals surface area contributed by atoms with Crippen LogP contribution in [-0.2, 0) is 9.53 Å². The minimum atomic E-state index is -0.0422. The molecule has 1 aliphatic rings. The van der Waals surface area contributed by atoms with Gasteiger partial charge >= 0.3 is 5.97 Å². The Hall–Kier alpha value is -0.570. The van der Waals surface area contributed by atoms with Crippen molar-refractivity contribution in [3.63, 3.8) is 0 Å². The second-order valence-corrected chi connectivity index (χ2v) is 5.26. The van der Waals surface area contributed by atoms with E-state index in [1.54, 1.807) is 0 Å². The summed E-state index contributed by atoms with van der Waals surface area (Å²) >= 11 is 0. The number of carbonyl (C=O) groups excluding carboxylic acids is 1. The summed E-state index contributed by atoms with van der Waals surface area (Å²) in [6, 6.07) is 0. The highest BCUT2D eigenvalue weighted by Gasteiger charge is 2.22. The second-order valence-electron chi connectivity index (χ2n) is 5.26. The van der Waals surface area contributed by atoms with Crippen LogP contribution in [0.2, 0.25) is 0 Å². The van der Waals surface area contributed by atoms with Crippen LogP contribution in [0.4, 0.5) is 0 Å². The highest BCUT2D eigenvalue weighted by atomic mass is 16.5. The molecule has 1 aliphatic carbocycles. The SMILES string of the molecule is CC(CN)CCC(=O)OC1CCCC(C)C1. The highest BCUT2D eigenvalue weighted by molar-refractivity contribution is 5.69. The summed E-state index contributed by atoms with van der Waals surface area (Å²) in [5, 5.41) is 0. The van der Waals surface area contributed by atoms with Crippen molar-refractivity contribution < 1.29 is 9.53 Å². The molecule has 0 amide bonds. The number of hydrogen-bond acceptors (Lipinski definition) is 3. The van der Waals surface area contributed by atoms with E-state index in [-0.39, 0.29) is 12.1 Å². The van der Waals surface area contributed by atoms with Crippen LogP contribution in [0.1, 0.15) is 52.4 Å². The van der Waals surface area contributed by atoms with Crippen molar-refractivity contribution in [2.75, 3.05) is 6.54 Å². The maximum Gasteiger partial charge on any atom is 0.306 e. The van der Waals surface area contributed by atoms with Crippen LogP contribution in [-0.4, -0.2) is 18.6 Å². The topological polar surface area (TPSA) is 52.3 Å². The van der Waals surface area contributed by atoms with Gasteiger partial charge in [0.05, 0.1) is 0 Å². The molecule has 16 heavy (non-hydrogen) atoms. The molecule has 0 spiro atoms. The van der Waals surface area contributed by atoms with Crippen LogP contribution in [0.15, 0.2) is 0 Å². The van der Waals surface area contributed by atoms with Gasteiger partial charge in [-0.05, 0) is 44.1 Å². The molecule has 1 rings (SSSR count). The lowest BCUT2D eigenvalue weighted by molar-refractivity contribution is -0.151. The van der Waals surface area contributed by atoms with Crippen molar-refractivity contribution >= 4 is 5.97 Å². The maximum absolute atomic E-state index is 11.6. The summed E-state index contributed by atoms with van der Waals surface area (Å²) in [5.41, 5.74) is 5.51. The molecule has 3 unspecified atom stereocenters. The van der Waals surface area contributed by atoms with Crippen molar-refractivity contribution in [1.82, 2.24) is 0 Å². The molecule has 0 bridgehead atoms. The summed E-state index contributed by atoms with van der Waals surface area (Å²) in [5.74, 6) is 1.08. The van der Waals surface area contributed by atoms with Gasteiger partial charge in [0.15, 0.2) is 0 Å². The lowest BCUT2D eigenvalue weighted by Crippen LogP contribution is -2.25. The molecule has 3 nitrogen and oxygen atoms in total. The highest BCUT2D eigenvalue weighted by Crippen LogP contribution is 2.26. The van der Waals surface area contributed by atoms with Crippen molar-refractivity contribution in [3.05, 3.63) is 0 Å². The summed E-state index contributed by atoms with van der Waals surface area (Å²) in [6.45, 7) is 4.94. The standard InChI is InChI=1S/C13H25NO2/c1-10-4-3-5-12(8-10)16-13(15)7-6-11(2)9-14/h10-12H,3-9,14H2,1-2H3. The average molecular weight is 227 g/mol. The molecule has 0 aromatic carbocycles. The largest absolute Gasteiger partial charge is 0.462 e. The van der Waals surface area contributed by atoms with Gasteiger partial charge in [0.1, 0.15) is 6.10 Å². The molecular formula is C13H25NO2. The van der Waals surface area contributed by atoms with E-state index < -0.39 is 0 Å². The molecule has 0 radical (unpaired) electrons. The van der Waals surface area contributed by atoms with Crippen LogP contribution < -0.4 is 5.73 Å². The van der Waals surface area contributed by atoms with Crippen LogP contribution >= 0.6 is 0 Å². The van der Waals surface area contributed by atoms with Gasteiger partial charge in [-0.3, -0.25) is 4.79 Å². The Morgan fingerprint density at radius 1 is 1.50 bits per heavy atom. The predicted molar refractivity (Wildman–Crippen MR) is 65.0 cm³/mol. The Morgan fingerprint density at radius 2 is 2.25 bits per heavy atom. The first-order valence-electron chi connectivity index (χ1n) is 6.51. The van der Waals surface area contributed by atoms with E-state index in [2.05, 4.69) is 13.8 Å². The molecule has 0 aromatic rings. The molecule has 0 aliphatic heterocycles. The fourth-order valence-corrected chi connectivity index (χ4v) is 2.21. The monoisotopic (exact) mass is 227 g/mol. The maximum atomic E-state index is 11.6. The van der Waals surface area contributed by atoms with Gasteiger partial charge in [-0.1, -0.05) is 20.3 Å². The zero-order chi connectivity index (χ0) is 12.0. The molecule has 3 atom stereocenters. The summed E-state index contributed by atoms with van der Waals surface area (Å²) < 4.78 is 5.48. The van der Waals surface area contributed by atoms with Crippen molar-refractivity contribution in [1.29, 1.82) is 0 Å². The summed E-state index contributed by atoms with van der Waals surface area (Å²) in [6.07, 6.45) is 6.09. The first-order chi connectivity index (χ1) is 7.61. The van der Waals surface area contributed by atoms with Crippen LogP contribution in [0.3, 0.4) is 0 Å². The van der Waals surface area contributed by atoms with Gasteiger partial charge < -0.3 is 10.5 Å². The minimum absolute atomic E-state index is 0.0422. The molecule has 3 heteroatoms. The van der Waals surface area contributed by atoms with E-state index in [4.69, 9.17) is 10.5 Å². The average Bonchev–Trinajstić information content (AvgIpc) is 2.26. The Morgan fingerprint density at radius 3 is 2.88 bits per heavy atom. The van der Waals surface area contributed by atoms with E-state index in [1.807, 2.05) is 0 Å². The van der Waals surface area contributed by atoms with E-state index in [9.17, 15) is 4.79 Å². The number of nitrogens with two attached hydrogens (primary N) is 1. The summed E-state index contributed by atoms with van der Waals surface area (Å²) in [4.78, 5) is 11.6. The van der Waals surface area contributed by atoms with E-state index in [0.29, 0.717) is 24.8 Å². The lowest BCUT2D eigenvalue weighted by atomic mass is 9.89. The molecule has 94 valence electrons. The fourth-order valence-electron chi connectivity index (χ4n) is 2.21. The second kappa shape index (κ2) is 6.89. The van der Waals surface area contributed by atoms with Gasteiger partial charge in [-0.25, -0.2) is 0 Å².